The van der Waals surface area contributed by atoms with Gasteiger partial charge in [-0.15, -0.1) is 0 Å². The Kier molecular flexibility index (Phi) is 3.95. The largest absolute Gasteiger partial charge is 0.494 e. The highest BCUT2D eigenvalue weighted by Gasteiger charge is 2.35. The fourth-order valence-electron chi connectivity index (χ4n) is 3.32. The highest BCUT2D eigenvalue weighted by Crippen LogP contribution is 2.34. The Morgan fingerprint density at radius 1 is 1.43 bits per heavy atom. The van der Waals surface area contributed by atoms with Crippen LogP contribution in [0.4, 0.5) is 5.69 Å². The van der Waals surface area contributed by atoms with Crippen LogP contribution in [0.1, 0.15) is 23.2 Å². The number of piperidine rings is 3. The number of anilines is 1. The molecular weight excluding hydrogens is 290 g/mol. The number of halogens is 1. The number of ether oxygens (including phenoxy) is 1. The highest BCUT2D eigenvalue weighted by atomic mass is 35.5. The standard InChI is InChI=1S/C15H20ClN3O2/c1-21-14-10(2-3-11(17)13(14)16)15(20)18-12-8-19-6-4-9(12)5-7-19/h2-3,9,12H,4-8,17H2,1H3,(H,18,20)/t12-/m0/s1. The van der Waals surface area contributed by atoms with E-state index < -0.39 is 0 Å². The van der Waals surface area contributed by atoms with Gasteiger partial charge in [-0.2, -0.15) is 0 Å². The van der Waals surface area contributed by atoms with Crippen molar-refractivity contribution in [1.29, 1.82) is 0 Å². The van der Waals surface area contributed by atoms with Gasteiger partial charge in [-0.05, 0) is 44.0 Å². The zero-order valence-corrected chi connectivity index (χ0v) is 12.8. The second kappa shape index (κ2) is 5.73. The second-order valence-electron chi connectivity index (χ2n) is 5.77. The number of amides is 1. The van der Waals surface area contributed by atoms with E-state index in [0.717, 1.165) is 32.5 Å². The van der Waals surface area contributed by atoms with E-state index >= 15 is 0 Å². The van der Waals surface area contributed by atoms with Crippen LogP contribution >= 0.6 is 11.6 Å². The van der Waals surface area contributed by atoms with E-state index in [1.54, 1.807) is 12.1 Å². The minimum atomic E-state index is -0.146. The fraction of sp³-hybridized carbons (Fsp3) is 0.533. The Labute approximate surface area is 129 Å². The van der Waals surface area contributed by atoms with Gasteiger partial charge in [0.25, 0.3) is 5.91 Å². The smallest absolute Gasteiger partial charge is 0.255 e. The summed E-state index contributed by atoms with van der Waals surface area (Å²) in [6.07, 6.45) is 2.31. The van der Waals surface area contributed by atoms with Gasteiger partial charge in [-0.3, -0.25) is 4.79 Å². The van der Waals surface area contributed by atoms with E-state index in [4.69, 9.17) is 22.1 Å². The van der Waals surface area contributed by atoms with Crippen LogP contribution in [0.2, 0.25) is 5.02 Å². The molecule has 1 aromatic rings. The number of hydrogen-bond acceptors (Lipinski definition) is 4. The lowest BCUT2D eigenvalue weighted by molar-refractivity contribution is 0.0619. The molecule has 3 saturated heterocycles. The third-order valence-corrected chi connectivity index (χ3v) is 4.94. The van der Waals surface area contributed by atoms with Gasteiger partial charge < -0.3 is 20.7 Å². The molecule has 1 aromatic carbocycles. The van der Waals surface area contributed by atoms with Gasteiger partial charge in [0.2, 0.25) is 0 Å². The van der Waals surface area contributed by atoms with Gasteiger partial charge in [-0.1, -0.05) is 11.6 Å². The van der Waals surface area contributed by atoms with Crippen molar-refractivity contribution in [2.45, 2.75) is 18.9 Å². The zero-order chi connectivity index (χ0) is 15.0. The summed E-state index contributed by atoms with van der Waals surface area (Å²) in [6.45, 7) is 3.23. The summed E-state index contributed by atoms with van der Waals surface area (Å²) in [5.74, 6) is 0.775. The molecule has 0 unspecified atom stereocenters. The topological polar surface area (TPSA) is 67.6 Å². The Hall–Kier alpha value is -1.46. The number of nitrogens with zero attached hydrogens (tertiary/aromatic N) is 1. The van der Waals surface area contributed by atoms with Crippen molar-refractivity contribution >= 4 is 23.2 Å². The molecule has 5 nitrogen and oxygen atoms in total. The number of fused-ring (bicyclic) bond motifs is 3. The maximum Gasteiger partial charge on any atom is 0.255 e. The lowest BCUT2D eigenvalue weighted by Crippen LogP contribution is -2.57. The maximum absolute atomic E-state index is 12.5. The molecule has 4 rings (SSSR count). The number of rotatable bonds is 3. The van der Waals surface area contributed by atoms with Crippen molar-refractivity contribution in [3.8, 4) is 5.75 Å². The summed E-state index contributed by atoms with van der Waals surface area (Å²) < 4.78 is 5.25. The van der Waals surface area contributed by atoms with Gasteiger partial charge in [0, 0.05) is 12.6 Å². The summed E-state index contributed by atoms with van der Waals surface area (Å²) in [6, 6.07) is 3.51. The molecule has 0 spiro atoms. The minimum absolute atomic E-state index is 0.146. The van der Waals surface area contributed by atoms with Gasteiger partial charge in [0.15, 0.2) is 5.75 Å². The summed E-state index contributed by atoms with van der Waals surface area (Å²) in [5, 5.41) is 3.42. The fourth-order valence-corrected chi connectivity index (χ4v) is 3.57. The SMILES string of the molecule is COc1c(C(=O)N[C@H]2CN3CCC2CC3)ccc(N)c1Cl. The highest BCUT2D eigenvalue weighted by molar-refractivity contribution is 6.35. The molecule has 3 N–H and O–H groups in total. The van der Waals surface area contributed by atoms with Crippen LogP contribution in [0.15, 0.2) is 12.1 Å². The quantitative estimate of drug-likeness (QED) is 0.835. The van der Waals surface area contributed by atoms with Crippen LogP contribution in [0, 0.1) is 5.92 Å². The van der Waals surface area contributed by atoms with Crippen LogP contribution < -0.4 is 15.8 Å². The molecule has 2 bridgehead atoms. The van der Waals surface area contributed by atoms with Gasteiger partial charge in [0.05, 0.1) is 18.4 Å². The third kappa shape index (κ3) is 2.68. The van der Waals surface area contributed by atoms with E-state index in [2.05, 4.69) is 10.2 Å². The van der Waals surface area contributed by atoms with E-state index in [0.29, 0.717) is 27.9 Å². The average Bonchev–Trinajstić information content (AvgIpc) is 2.51. The third-order valence-electron chi connectivity index (χ3n) is 4.55. The van der Waals surface area contributed by atoms with E-state index in [1.807, 2.05) is 0 Å². The molecule has 0 radical (unpaired) electrons. The number of benzene rings is 1. The summed E-state index contributed by atoms with van der Waals surface area (Å²) in [5.41, 5.74) is 6.60. The molecule has 3 aliphatic heterocycles. The van der Waals surface area contributed by atoms with Gasteiger partial charge >= 0.3 is 0 Å². The average molecular weight is 310 g/mol. The van der Waals surface area contributed by atoms with Crippen LogP contribution in [-0.4, -0.2) is 43.6 Å². The molecule has 6 heteroatoms. The first-order chi connectivity index (χ1) is 10.1. The first-order valence-electron chi connectivity index (χ1n) is 7.25. The number of nitrogens with two attached hydrogens (primary N) is 1. The van der Waals surface area contributed by atoms with Crippen LogP contribution in [0.25, 0.3) is 0 Å². The lowest BCUT2D eigenvalue weighted by atomic mass is 9.84. The van der Waals surface area contributed by atoms with Crippen molar-refractivity contribution < 1.29 is 9.53 Å². The predicted octanol–water partition coefficient (Wildman–Crippen LogP) is 1.75. The molecule has 3 aliphatic rings. The molecule has 3 fully saturated rings. The van der Waals surface area contributed by atoms with E-state index in [1.165, 1.54) is 7.11 Å². The molecule has 114 valence electrons. The summed E-state index contributed by atoms with van der Waals surface area (Å²) >= 11 is 6.11. The zero-order valence-electron chi connectivity index (χ0n) is 12.1. The number of nitrogen functional groups attached to an aromatic ring is 1. The van der Waals surface area contributed by atoms with Gasteiger partial charge in [0.1, 0.15) is 5.02 Å². The molecule has 3 heterocycles. The van der Waals surface area contributed by atoms with E-state index in [-0.39, 0.29) is 11.9 Å². The van der Waals surface area contributed by atoms with Crippen molar-refractivity contribution in [3.05, 3.63) is 22.7 Å². The van der Waals surface area contributed by atoms with Gasteiger partial charge in [-0.25, -0.2) is 0 Å². The number of methoxy groups -OCH3 is 1. The van der Waals surface area contributed by atoms with Crippen molar-refractivity contribution in [1.82, 2.24) is 10.2 Å². The Morgan fingerprint density at radius 2 is 2.14 bits per heavy atom. The summed E-state index contributed by atoms with van der Waals surface area (Å²) in [7, 11) is 1.49. The molecule has 21 heavy (non-hydrogen) atoms. The van der Waals surface area contributed by atoms with Crippen LogP contribution in [-0.2, 0) is 0 Å². The van der Waals surface area contributed by atoms with Crippen molar-refractivity contribution in [2.24, 2.45) is 5.92 Å². The normalized spacial score (nSPS) is 27.4. The monoisotopic (exact) mass is 309 g/mol. The van der Waals surface area contributed by atoms with Crippen molar-refractivity contribution in [3.63, 3.8) is 0 Å². The molecule has 0 aliphatic carbocycles. The Morgan fingerprint density at radius 3 is 2.71 bits per heavy atom. The number of nitrogens with one attached hydrogen (secondary N) is 1. The Balaban J connectivity index is 1.78. The molecule has 0 aromatic heterocycles. The molecule has 1 atom stereocenters. The lowest BCUT2D eigenvalue weighted by Gasteiger charge is -2.44. The number of carbonyl (C=O) groups is 1. The molecular formula is C15H20ClN3O2. The maximum atomic E-state index is 12.5. The molecule has 0 saturated carbocycles. The molecule has 1 amide bonds. The van der Waals surface area contributed by atoms with Crippen molar-refractivity contribution in [2.75, 3.05) is 32.5 Å². The summed E-state index contributed by atoms with van der Waals surface area (Å²) in [4.78, 5) is 14.9. The first kappa shape index (κ1) is 14.5. The Bertz CT molecular complexity index is 556. The number of hydrogen-bond donors (Lipinski definition) is 2. The number of carbonyl (C=O) groups excluding carboxylic acids is 1. The van der Waals surface area contributed by atoms with Crippen LogP contribution in [0.3, 0.4) is 0 Å². The predicted molar refractivity (Wildman–Crippen MR) is 82.8 cm³/mol. The van der Waals surface area contributed by atoms with Crippen LogP contribution in [0.5, 0.6) is 5.75 Å². The van der Waals surface area contributed by atoms with E-state index in [9.17, 15) is 4.79 Å². The first-order valence-corrected chi connectivity index (χ1v) is 7.63. The minimum Gasteiger partial charge on any atom is -0.494 e. The second-order valence-corrected chi connectivity index (χ2v) is 6.15.